The Morgan fingerprint density at radius 3 is 2.96 bits per heavy atom. The summed E-state index contributed by atoms with van der Waals surface area (Å²) in [4.78, 5) is 17.0. The monoisotopic (exact) mass is 317 g/mol. The van der Waals surface area contributed by atoms with Crippen molar-refractivity contribution in [2.75, 3.05) is 11.4 Å². The molecule has 3 heterocycles. The highest BCUT2D eigenvalue weighted by atomic mass is 16.6. The molecule has 1 atom stereocenters. The first-order valence-electron chi connectivity index (χ1n) is 8.32. The minimum atomic E-state index is -0.441. The van der Waals surface area contributed by atoms with Crippen molar-refractivity contribution in [3.63, 3.8) is 0 Å². The summed E-state index contributed by atoms with van der Waals surface area (Å²) >= 11 is 0. The van der Waals surface area contributed by atoms with Crippen LogP contribution in [0.4, 0.5) is 11.6 Å². The molecule has 7 heteroatoms. The van der Waals surface area contributed by atoms with E-state index in [4.69, 9.17) is 0 Å². The lowest BCUT2D eigenvalue weighted by Gasteiger charge is -2.36. The van der Waals surface area contributed by atoms with E-state index in [0.717, 1.165) is 25.2 Å². The molecule has 23 heavy (non-hydrogen) atoms. The quantitative estimate of drug-likeness (QED) is 0.623. The molecular weight excluding hydrogens is 294 g/mol. The van der Waals surface area contributed by atoms with E-state index in [1.165, 1.54) is 30.0 Å². The molecular formula is C16H23N5O2. The van der Waals surface area contributed by atoms with Crippen LogP contribution in [0.25, 0.3) is 5.65 Å². The number of aromatic nitrogens is 3. The largest absolute Gasteiger partial charge is 0.368 e. The summed E-state index contributed by atoms with van der Waals surface area (Å²) in [6.07, 6.45) is 7.14. The van der Waals surface area contributed by atoms with E-state index in [-0.39, 0.29) is 5.82 Å². The first kappa shape index (κ1) is 15.7. The number of anilines is 1. The van der Waals surface area contributed by atoms with Gasteiger partial charge in [0.05, 0.1) is 0 Å². The minimum Gasteiger partial charge on any atom is -0.358 e. The maximum Gasteiger partial charge on any atom is 0.368 e. The van der Waals surface area contributed by atoms with Crippen LogP contribution in [-0.2, 0) is 0 Å². The van der Waals surface area contributed by atoms with Gasteiger partial charge in [-0.2, -0.15) is 0 Å². The second-order valence-corrected chi connectivity index (χ2v) is 6.65. The standard InChI is InChI=1S/C16H23N5O2/c1-12(2)6-7-13-5-3-4-10-19(13)15-9-8-14-17-11-16(21(22)23)20(14)18-15/h8-9,11-13H,3-7,10H2,1-2H3. The molecule has 2 aromatic rings. The molecule has 3 rings (SSSR count). The molecule has 0 aliphatic carbocycles. The summed E-state index contributed by atoms with van der Waals surface area (Å²) < 4.78 is 1.34. The average Bonchev–Trinajstić information content (AvgIpc) is 2.96. The Morgan fingerprint density at radius 1 is 1.39 bits per heavy atom. The van der Waals surface area contributed by atoms with Crippen LogP contribution in [0.2, 0.25) is 0 Å². The molecule has 1 fully saturated rings. The lowest BCUT2D eigenvalue weighted by atomic mass is 9.95. The van der Waals surface area contributed by atoms with E-state index < -0.39 is 4.92 Å². The number of fused-ring (bicyclic) bond motifs is 1. The van der Waals surface area contributed by atoms with Crippen molar-refractivity contribution in [1.82, 2.24) is 14.6 Å². The third kappa shape index (κ3) is 3.28. The average molecular weight is 317 g/mol. The summed E-state index contributed by atoms with van der Waals surface area (Å²) in [6.45, 7) is 5.45. The van der Waals surface area contributed by atoms with Gasteiger partial charge in [-0.1, -0.05) is 23.5 Å². The van der Waals surface area contributed by atoms with Crippen LogP contribution < -0.4 is 4.90 Å². The Bertz CT molecular complexity index is 697. The summed E-state index contributed by atoms with van der Waals surface area (Å²) in [5.74, 6) is 1.41. The van der Waals surface area contributed by atoms with Gasteiger partial charge >= 0.3 is 5.82 Å². The van der Waals surface area contributed by atoms with Crippen molar-refractivity contribution in [3.8, 4) is 0 Å². The van der Waals surface area contributed by atoms with Gasteiger partial charge in [-0.25, -0.2) is 4.98 Å². The van der Waals surface area contributed by atoms with Crippen LogP contribution >= 0.6 is 0 Å². The van der Waals surface area contributed by atoms with E-state index >= 15 is 0 Å². The first-order chi connectivity index (χ1) is 11.1. The highest BCUT2D eigenvalue weighted by Gasteiger charge is 2.26. The van der Waals surface area contributed by atoms with E-state index in [9.17, 15) is 10.1 Å². The maximum atomic E-state index is 11.1. The van der Waals surface area contributed by atoms with E-state index in [1.54, 1.807) is 0 Å². The highest BCUT2D eigenvalue weighted by Crippen LogP contribution is 2.27. The van der Waals surface area contributed by atoms with Gasteiger partial charge in [-0.15, -0.1) is 0 Å². The Kier molecular flexibility index (Phi) is 4.45. The van der Waals surface area contributed by atoms with Gasteiger partial charge in [0.2, 0.25) is 5.65 Å². The highest BCUT2D eigenvalue weighted by molar-refractivity contribution is 5.50. The van der Waals surface area contributed by atoms with Crippen LogP contribution in [0.5, 0.6) is 0 Å². The molecule has 0 aromatic carbocycles. The van der Waals surface area contributed by atoms with Crippen molar-refractivity contribution in [1.29, 1.82) is 0 Å². The molecule has 0 N–H and O–H groups in total. The Balaban J connectivity index is 1.90. The van der Waals surface area contributed by atoms with Crippen LogP contribution in [0.3, 0.4) is 0 Å². The topological polar surface area (TPSA) is 76.6 Å². The van der Waals surface area contributed by atoms with Gasteiger partial charge in [-0.3, -0.25) is 0 Å². The molecule has 2 aromatic heterocycles. The summed E-state index contributed by atoms with van der Waals surface area (Å²) in [7, 11) is 0. The fourth-order valence-corrected chi connectivity index (χ4v) is 3.26. The van der Waals surface area contributed by atoms with Crippen LogP contribution in [0, 0.1) is 16.0 Å². The minimum absolute atomic E-state index is 0.0856. The number of nitro groups is 1. The zero-order valence-electron chi connectivity index (χ0n) is 13.7. The van der Waals surface area contributed by atoms with E-state index in [2.05, 4.69) is 28.8 Å². The van der Waals surface area contributed by atoms with Crippen molar-refractivity contribution >= 4 is 17.3 Å². The predicted octanol–water partition coefficient (Wildman–Crippen LogP) is 3.43. The van der Waals surface area contributed by atoms with Crippen molar-refractivity contribution in [3.05, 3.63) is 28.4 Å². The predicted molar refractivity (Wildman–Crippen MR) is 88.7 cm³/mol. The number of nitrogens with zero attached hydrogens (tertiary/aromatic N) is 5. The zero-order chi connectivity index (χ0) is 16.4. The molecule has 0 spiro atoms. The van der Waals surface area contributed by atoms with Crippen LogP contribution in [0.15, 0.2) is 18.3 Å². The lowest BCUT2D eigenvalue weighted by molar-refractivity contribution is -0.391. The lowest BCUT2D eigenvalue weighted by Crippen LogP contribution is -2.40. The third-order valence-electron chi connectivity index (χ3n) is 4.52. The molecule has 7 nitrogen and oxygen atoms in total. The van der Waals surface area contributed by atoms with Gasteiger partial charge in [-0.05, 0) is 49.0 Å². The van der Waals surface area contributed by atoms with Crippen molar-refractivity contribution < 1.29 is 4.92 Å². The Hall–Kier alpha value is -2.18. The molecule has 1 unspecified atom stereocenters. The third-order valence-corrected chi connectivity index (χ3v) is 4.52. The van der Waals surface area contributed by atoms with Crippen molar-refractivity contribution in [2.45, 2.75) is 52.0 Å². The number of piperidine rings is 1. The molecule has 0 amide bonds. The fraction of sp³-hybridized carbons (Fsp3) is 0.625. The molecule has 1 aliphatic rings. The molecule has 0 saturated carbocycles. The van der Waals surface area contributed by atoms with Gasteiger partial charge in [0.25, 0.3) is 0 Å². The second-order valence-electron chi connectivity index (χ2n) is 6.65. The SMILES string of the molecule is CC(C)CCC1CCCCN1c1ccc2ncc([N+](=O)[O-])n2n1. The number of imidazole rings is 1. The summed E-state index contributed by atoms with van der Waals surface area (Å²) in [5.41, 5.74) is 0.510. The number of hydrogen-bond acceptors (Lipinski definition) is 5. The van der Waals surface area contributed by atoms with Crippen LogP contribution in [0.1, 0.15) is 46.0 Å². The first-order valence-corrected chi connectivity index (χ1v) is 8.32. The van der Waals surface area contributed by atoms with E-state index in [1.807, 2.05) is 12.1 Å². The van der Waals surface area contributed by atoms with Gasteiger partial charge in [0, 0.05) is 18.7 Å². The Labute approximate surface area is 135 Å². The smallest absolute Gasteiger partial charge is 0.358 e. The molecule has 0 radical (unpaired) electrons. The maximum absolute atomic E-state index is 11.1. The van der Waals surface area contributed by atoms with Crippen LogP contribution in [-0.4, -0.2) is 32.1 Å². The van der Waals surface area contributed by atoms with Gasteiger partial charge in [0.15, 0.2) is 5.82 Å². The fourth-order valence-electron chi connectivity index (χ4n) is 3.26. The second kappa shape index (κ2) is 6.52. The molecule has 124 valence electrons. The number of rotatable bonds is 5. The van der Waals surface area contributed by atoms with Crippen molar-refractivity contribution in [2.24, 2.45) is 5.92 Å². The molecule has 0 bridgehead atoms. The van der Waals surface area contributed by atoms with Gasteiger partial charge < -0.3 is 15.0 Å². The summed E-state index contributed by atoms with van der Waals surface area (Å²) in [6, 6.07) is 4.21. The normalized spacial score (nSPS) is 18.7. The Morgan fingerprint density at radius 2 is 2.22 bits per heavy atom. The summed E-state index contributed by atoms with van der Waals surface area (Å²) in [5, 5.41) is 15.6. The molecule has 1 saturated heterocycles. The molecule has 1 aliphatic heterocycles. The number of hydrogen-bond donors (Lipinski definition) is 0. The van der Waals surface area contributed by atoms with Gasteiger partial charge in [0.1, 0.15) is 6.20 Å². The van der Waals surface area contributed by atoms with E-state index in [0.29, 0.717) is 17.6 Å². The zero-order valence-corrected chi connectivity index (χ0v) is 13.7.